The Labute approximate surface area is 119 Å². The maximum Gasteiger partial charge on any atom is 0.322 e. The van der Waals surface area contributed by atoms with Gasteiger partial charge in [-0.25, -0.2) is 0 Å². The average Bonchev–Trinajstić information content (AvgIpc) is 2.82. The van der Waals surface area contributed by atoms with Crippen LogP contribution in [0.5, 0.6) is 0 Å². The second-order valence-electron chi connectivity index (χ2n) is 5.63. The fourth-order valence-corrected chi connectivity index (χ4v) is 4.84. The van der Waals surface area contributed by atoms with Crippen LogP contribution in [0.25, 0.3) is 0 Å². The third-order valence-corrected chi connectivity index (χ3v) is 6.29. The Morgan fingerprint density at radius 2 is 1.85 bits per heavy atom. The minimum Gasteiger partial charge on any atom is -0.480 e. The fourth-order valence-electron chi connectivity index (χ4n) is 3.06. The molecule has 2 rings (SSSR count). The van der Waals surface area contributed by atoms with Crippen molar-refractivity contribution in [3.8, 4) is 0 Å². The van der Waals surface area contributed by atoms with Gasteiger partial charge in [-0.05, 0) is 12.8 Å². The third kappa shape index (κ3) is 2.98. The summed E-state index contributed by atoms with van der Waals surface area (Å²) in [6.45, 7) is -0.142. The monoisotopic (exact) mass is 306 g/mol. The molecular formula is C12H22N2O5S. The van der Waals surface area contributed by atoms with E-state index >= 15 is 0 Å². The third-order valence-electron chi connectivity index (χ3n) is 4.27. The van der Waals surface area contributed by atoms with Gasteiger partial charge in [0.05, 0.1) is 6.10 Å². The van der Waals surface area contributed by atoms with E-state index in [1.54, 1.807) is 0 Å². The number of hydrogen-bond donors (Lipinski definition) is 2. The quantitative estimate of drug-likeness (QED) is 0.763. The molecule has 2 aliphatic rings. The molecule has 2 fully saturated rings. The summed E-state index contributed by atoms with van der Waals surface area (Å²) in [4.78, 5) is 11.2. The molecule has 1 saturated carbocycles. The average molecular weight is 306 g/mol. The summed E-state index contributed by atoms with van der Waals surface area (Å²) in [5.41, 5.74) is 0. The summed E-state index contributed by atoms with van der Waals surface area (Å²) in [6.07, 6.45) is 3.77. The summed E-state index contributed by atoms with van der Waals surface area (Å²) >= 11 is 0. The minimum atomic E-state index is -3.84. The van der Waals surface area contributed by atoms with Gasteiger partial charge in [0.1, 0.15) is 6.04 Å². The molecule has 0 spiro atoms. The topological polar surface area (TPSA) is 98.2 Å². The van der Waals surface area contributed by atoms with Crippen LogP contribution in [0.3, 0.4) is 0 Å². The molecule has 0 radical (unpaired) electrons. The van der Waals surface area contributed by atoms with Crippen LogP contribution >= 0.6 is 0 Å². The Balaban J connectivity index is 2.17. The summed E-state index contributed by atoms with van der Waals surface area (Å²) < 4.78 is 27.4. The first-order valence-electron chi connectivity index (χ1n) is 6.99. The van der Waals surface area contributed by atoms with E-state index in [1.807, 2.05) is 0 Å². The lowest BCUT2D eigenvalue weighted by molar-refractivity contribution is -0.140. The lowest BCUT2D eigenvalue weighted by Gasteiger charge is -2.34. The number of rotatable bonds is 4. The van der Waals surface area contributed by atoms with E-state index in [9.17, 15) is 18.3 Å². The molecule has 1 heterocycles. The number of carboxylic acid groups (broad SMARTS) is 1. The second kappa shape index (κ2) is 5.97. The highest BCUT2D eigenvalue weighted by Gasteiger charge is 2.45. The zero-order valence-electron chi connectivity index (χ0n) is 11.6. The fraction of sp³-hybridized carbons (Fsp3) is 0.917. The molecule has 0 aromatic rings. The molecule has 116 valence electrons. The van der Waals surface area contributed by atoms with Crippen LogP contribution in [-0.2, 0) is 15.0 Å². The van der Waals surface area contributed by atoms with E-state index in [2.05, 4.69) is 0 Å². The first kappa shape index (κ1) is 15.7. The van der Waals surface area contributed by atoms with Crippen LogP contribution in [-0.4, -0.2) is 65.0 Å². The number of aliphatic hydroxyl groups is 1. The van der Waals surface area contributed by atoms with E-state index in [1.165, 1.54) is 11.4 Å². The predicted molar refractivity (Wildman–Crippen MR) is 72.3 cm³/mol. The van der Waals surface area contributed by atoms with Crippen molar-refractivity contribution in [3.05, 3.63) is 0 Å². The van der Waals surface area contributed by atoms with Crippen molar-refractivity contribution < 1.29 is 23.4 Å². The van der Waals surface area contributed by atoms with Crippen LogP contribution in [0.1, 0.15) is 38.5 Å². The molecule has 0 amide bonds. The lowest BCUT2D eigenvalue weighted by Crippen LogP contribution is -2.50. The van der Waals surface area contributed by atoms with Gasteiger partial charge >= 0.3 is 5.97 Å². The largest absolute Gasteiger partial charge is 0.480 e. The zero-order chi connectivity index (χ0) is 14.9. The second-order valence-corrected chi connectivity index (χ2v) is 7.57. The van der Waals surface area contributed by atoms with Crippen LogP contribution in [0, 0.1) is 0 Å². The number of carboxylic acids is 1. The molecule has 1 aliphatic carbocycles. The first-order valence-corrected chi connectivity index (χ1v) is 8.39. The number of carbonyl (C=O) groups is 1. The smallest absolute Gasteiger partial charge is 0.322 e. The molecule has 1 unspecified atom stereocenters. The van der Waals surface area contributed by atoms with Crippen molar-refractivity contribution in [3.63, 3.8) is 0 Å². The van der Waals surface area contributed by atoms with Gasteiger partial charge in [0.25, 0.3) is 10.2 Å². The molecule has 1 aliphatic heterocycles. The van der Waals surface area contributed by atoms with Crippen molar-refractivity contribution in [1.29, 1.82) is 0 Å². The highest BCUT2D eigenvalue weighted by molar-refractivity contribution is 7.86. The number of β-amino-alcohol motifs (C(OH)–C–C–N with tert-alkyl or cyclic N) is 1. The molecular weight excluding hydrogens is 284 g/mol. The molecule has 8 heteroatoms. The Morgan fingerprint density at radius 3 is 2.40 bits per heavy atom. The van der Waals surface area contributed by atoms with Gasteiger partial charge in [0.15, 0.2) is 0 Å². The number of nitrogens with zero attached hydrogens (tertiary/aromatic N) is 2. The van der Waals surface area contributed by atoms with Crippen molar-refractivity contribution in [2.75, 3.05) is 13.6 Å². The summed E-state index contributed by atoms with van der Waals surface area (Å²) in [5.74, 6) is -1.21. The Bertz CT molecular complexity index is 460. The van der Waals surface area contributed by atoms with Gasteiger partial charge in [-0.2, -0.15) is 17.0 Å². The van der Waals surface area contributed by atoms with E-state index < -0.39 is 28.3 Å². The van der Waals surface area contributed by atoms with Gasteiger partial charge in [-0.1, -0.05) is 19.3 Å². The molecule has 2 N–H and O–H groups in total. The summed E-state index contributed by atoms with van der Waals surface area (Å²) in [5, 5.41) is 18.7. The van der Waals surface area contributed by atoms with E-state index in [-0.39, 0.29) is 19.0 Å². The molecule has 1 saturated heterocycles. The molecule has 7 nitrogen and oxygen atoms in total. The number of aliphatic carboxylic acids is 1. The van der Waals surface area contributed by atoms with Crippen LogP contribution < -0.4 is 0 Å². The van der Waals surface area contributed by atoms with Gasteiger partial charge in [-0.15, -0.1) is 0 Å². The molecule has 0 aromatic heterocycles. The van der Waals surface area contributed by atoms with E-state index in [0.29, 0.717) is 0 Å². The highest BCUT2D eigenvalue weighted by Crippen LogP contribution is 2.28. The maximum atomic E-state index is 12.6. The summed E-state index contributed by atoms with van der Waals surface area (Å²) in [7, 11) is -2.33. The normalized spacial score (nSPS) is 29.9. The molecule has 0 bridgehead atoms. The molecule has 2 atom stereocenters. The van der Waals surface area contributed by atoms with Gasteiger partial charge in [0.2, 0.25) is 0 Å². The minimum absolute atomic E-state index is 0.0485. The van der Waals surface area contributed by atoms with Crippen molar-refractivity contribution >= 4 is 16.2 Å². The SMILES string of the molecule is CN(C1CCCCC1)S(=O)(=O)N1CC(O)C[C@H]1C(=O)O. The van der Waals surface area contributed by atoms with Crippen LogP contribution in [0.15, 0.2) is 0 Å². The lowest BCUT2D eigenvalue weighted by atomic mass is 9.96. The first-order chi connectivity index (χ1) is 9.34. The van der Waals surface area contributed by atoms with Gasteiger partial charge in [0, 0.05) is 26.1 Å². The van der Waals surface area contributed by atoms with E-state index in [4.69, 9.17) is 5.11 Å². The number of aliphatic hydroxyl groups excluding tert-OH is 1. The highest BCUT2D eigenvalue weighted by atomic mass is 32.2. The van der Waals surface area contributed by atoms with Crippen LogP contribution in [0.2, 0.25) is 0 Å². The van der Waals surface area contributed by atoms with Crippen molar-refractivity contribution in [2.24, 2.45) is 0 Å². The Kier molecular flexibility index (Phi) is 4.68. The van der Waals surface area contributed by atoms with Crippen molar-refractivity contribution in [1.82, 2.24) is 8.61 Å². The summed E-state index contributed by atoms with van der Waals surface area (Å²) in [6, 6.07) is -1.23. The number of hydrogen-bond acceptors (Lipinski definition) is 4. The standard InChI is InChI=1S/C12H22N2O5S/c1-13(9-5-3-2-4-6-9)20(18,19)14-8-10(15)7-11(14)12(16)17/h9-11,15H,2-8H2,1H3,(H,16,17)/t10?,11-/m0/s1. The zero-order valence-corrected chi connectivity index (χ0v) is 12.4. The van der Waals surface area contributed by atoms with E-state index in [0.717, 1.165) is 36.4 Å². The predicted octanol–water partition coefficient (Wildman–Crippen LogP) is 0.0155. The Morgan fingerprint density at radius 1 is 1.25 bits per heavy atom. The van der Waals surface area contributed by atoms with Crippen molar-refractivity contribution in [2.45, 2.75) is 56.7 Å². The van der Waals surface area contributed by atoms with Gasteiger partial charge in [-0.3, -0.25) is 4.79 Å². The molecule has 0 aromatic carbocycles. The van der Waals surface area contributed by atoms with Crippen LogP contribution in [0.4, 0.5) is 0 Å². The molecule has 20 heavy (non-hydrogen) atoms. The maximum absolute atomic E-state index is 12.6. The Hall–Kier alpha value is -0.700. The van der Waals surface area contributed by atoms with Gasteiger partial charge < -0.3 is 10.2 Å².